The van der Waals surface area contributed by atoms with Crippen LogP contribution in [0, 0.1) is 0 Å². The van der Waals surface area contributed by atoms with Crippen LogP contribution in [0.3, 0.4) is 0 Å². The van der Waals surface area contributed by atoms with Crippen molar-refractivity contribution in [2.75, 3.05) is 30.9 Å². The van der Waals surface area contributed by atoms with Crippen molar-refractivity contribution >= 4 is 33.7 Å². The molecule has 1 aromatic carbocycles. The summed E-state index contributed by atoms with van der Waals surface area (Å²) in [6.45, 7) is 0.159. The number of urea groups is 1. The molecular formula is C15H20N4O6S. The number of hydroxylamine groups is 2. The Morgan fingerprint density at radius 3 is 2.50 bits per heavy atom. The Morgan fingerprint density at radius 2 is 1.92 bits per heavy atom. The number of piperidine rings is 1. The van der Waals surface area contributed by atoms with Gasteiger partial charge in [0.25, 0.3) is 0 Å². The Hall–Kier alpha value is -2.37. The first-order valence-electron chi connectivity index (χ1n) is 8.01. The Kier molecular flexibility index (Phi) is 4.78. The average Bonchev–Trinajstić information content (AvgIpc) is 2.79. The molecule has 2 N–H and O–H groups in total. The molecule has 2 atom stereocenters. The molecule has 2 bridgehead atoms. The van der Waals surface area contributed by atoms with Crippen LogP contribution in [-0.4, -0.2) is 67.6 Å². The number of amides is 3. The number of fused-ring (bicyclic) bond motifs is 2. The summed E-state index contributed by atoms with van der Waals surface area (Å²) in [5, 5.41) is 3.39. The van der Waals surface area contributed by atoms with E-state index in [2.05, 4.69) is 9.60 Å². The molecule has 11 heteroatoms. The smallest absolute Gasteiger partial charge is 0.378 e. The second-order valence-electron chi connectivity index (χ2n) is 6.44. The van der Waals surface area contributed by atoms with Crippen molar-refractivity contribution in [3.8, 4) is 0 Å². The van der Waals surface area contributed by atoms with Gasteiger partial charge in [0.1, 0.15) is 6.04 Å². The molecule has 2 fully saturated rings. The maximum atomic E-state index is 12.6. The van der Waals surface area contributed by atoms with E-state index in [-0.39, 0.29) is 12.5 Å². The topological polar surface area (TPSA) is 119 Å². The third-order valence-electron chi connectivity index (χ3n) is 4.45. The first kappa shape index (κ1) is 18.4. The number of anilines is 2. The zero-order chi connectivity index (χ0) is 19.1. The number of hydrogen-bond acceptors (Lipinski definition) is 6. The van der Waals surface area contributed by atoms with Crippen LogP contribution in [-0.2, 0) is 19.5 Å². The zero-order valence-corrected chi connectivity index (χ0v) is 15.1. The number of benzene rings is 1. The summed E-state index contributed by atoms with van der Waals surface area (Å²) in [5.74, 6) is -0.358. The van der Waals surface area contributed by atoms with Crippen molar-refractivity contribution < 1.29 is 26.8 Å². The standard InChI is InChI=1S/C15H20N4O6S/c1-17(2)11-5-3-10(4-6-11)16-14(20)13-8-7-12-9-18(13)15(21)19(12)25-26(22,23)24/h3-6,12-13H,7-9H2,1-2H3,(H,16,20)(H,22,23,24)/t12-,13-/m1/s1. The fourth-order valence-corrected chi connectivity index (χ4v) is 3.56. The van der Waals surface area contributed by atoms with Crippen LogP contribution in [0.15, 0.2) is 24.3 Å². The average molecular weight is 384 g/mol. The van der Waals surface area contributed by atoms with E-state index in [0.29, 0.717) is 23.6 Å². The Bertz CT molecular complexity index is 810. The minimum Gasteiger partial charge on any atom is -0.378 e. The van der Waals surface area contributed by atoms with Gasteiger partial charge < -0.3 is 15.1 Å². The van der Waals surface area contributed by atoms with Gasteiger partial charge in [-0.3, -0.25) is 9.35 Å². The quantitative estimate of drug-likeness (QED) is 0.717. The molecule has 0 aliphatic carbocycles. The highest BCUT2D eigenvalue weighted by Gasteiger charge is 2.49. The fraction of sp³-hybridized carbons (Fsp3) is 0.467. The summed E-state index contributed by atoms with van der Waals surface area (Å²) in [7, 11) is -0.986. The molecule has 2 aliphatic heterocycles. The van der Waals surface area contributed by atoms with Crippen molar-refractivity contribution in [3.05, 3.63) is 24.3 Å². The molecule has 2 saturated heterocycles. The minimum absolute atomic E-state index is 0.159. The van der Waals surface area contributed by atoms with Crippen LogP contribution in [0.25, 0.3) is 0 Å². The van der Waals surface area contributed by atoms with E-state index in [9.17, 15) is 18.0 Å². The molecule has 2 heterocycles. The highest BCUT2D eigenvalue weighted by atomic mass is 32.3. The molecular weight excluding hydrogens is 364 g/mol. The van der Waals surface area contributed by atoms with Crippen molar-refractivity contribution in [3.63, 3.8) is 0 Å². The van der Waals surface area contributed by atoms with E-state index < -0.39 is 28.5 Å². The molecule has 0 radical (unpaired) electrons. The van der Waals surface area contributed by atoms with Crippen LogP contribution in [0.5, 0.6) is 0 Å². The van der Waals surface area contributed by atoms with Gasteiger partial charge >= 0.3 is 16.4 Å². The maximum Gasteiger partial charge on any atom is 0.418 e. The molecule has 3 amide bonds. The molecule has 2 aliphatic rings. The third kappa shape index (κ3) is 3.74. The van der Waals surface area contributed by atoms with Crippen LogP contribution in [0.4, 0.5) is 16.2 Å². The molecule has 3 rings (SSSR count). The van der Waals surface area contributed by atoms with Crippen molar-refractivity contribution in [1.29, 1.82) is 0 Å². The lowest BCUT2D eigenvalue weighted by Gasteiger charge is -2.29. The summed E-state index contributed by atoms with van der Waals surface area (Å²) < 4.78 is 34.9. The molecule has 10 nitrogen and oxygen atoms in total. The van der Waals surface area contributed by atoms with Crippen molar-refractivity contribution in [1.82, 2.24) is 9.96 Å². The van der Waals surface area contributed by atoms with Crippen LogP contribution in [0.1, 0.15) is 12.8 Å². The van der Waals surface area contributed by atoms with Gasteiger partial charge in [-0.25, -0.2) is 4.79 Å². The predicted octanol–water partition coefficient (Wildman–Crippen LogP) is 0.694. The van der Waals surface area contributed by atoms with Gasteiger partial charge in [0, 0.05) is 32.0 Å². The number of rotatable bonds is 5. The second kappa shape index (κ2) is 6.74. The minimum atomic E-state index is -4.80. The van der Waals surface area contributed by atoms with Gasteiger partial charge in [0.15, 0.2) is 0 Å². The zero-order valence-electron chi connectivity index (χ0n) is 14.3. The third-order valence-corrected chi connectivity index (χ3v) is 4.80. The Balaban J connectivity index is 1.68. The largest absolute Gasteiger partial charge is 0.418 e. The second-order valence-corrected chi connectivity index (χ2v) is 7.45. The van der Waals surface area contributed by atoms with Gasteiger partial charge in [-0.05, 0) is 37.1 Å². The normalized spacial score (nSPS) is 22.5. The van der Waals surface area contributed by atoms with E-state index in [4.69, 9.17) is 4.55 Å². The molecule has 142 valence electrons. The van der Waals surface area contributed by atoms with Crippen LogP contribution in [0.2, 0.25) is 0 Å². The monoisotopic (exact) mass is 384 g/mol. The number of nitrogens with zero attached hydrogens (tertiary/aromatic N) is 3. The summed E-state index contributed by atoms with van der Waals surface area (Å²) in [5.41, 5.74) is 1.58. The number of carbonyl (C=O) groups is 2. The lowest BCUT2D eigenvalue weighted by molar-refractivity contribution is -0.120. The van der Waals surface area contributed by atoms with Crippen LogP contribution >= 0.6 is 0 Å². The molecule has 26 heavy (non-hydrogen) atoms. The first-order valence-corrected chi connectivity index (χ1v) is 9.37. The van der Waals surface area contributed by atoms with Crippen molar-refractivity contribution in [2.45, 2.75) is 24.9 Å². The van der Waals surface area contributed by atoms with E-state index >= 15 is 0 Å². The summed E-state index contributed by atoms with van der Waals surface area (Å²) in [6, 6.07) is 5.23. The predicted molar refractivity (Wildman–Crippen MR) is 92.8 cm³/mol. The SMILES string of the molecule is CN(C)c1ccc(NC(=O)[C@H]2CC[C@@H]3CN2C(=O)N3OS(=O)(=O)O)cc1. The maximum absolute atomic E-state index is 12.6. The fourth-order valence-electron chi connectivity index (χ4n) is 3.17. The Morgan fingerprint density at radius 1 is 1.27 bits per heavy atom. The molecule has 1 aromatic rings. The summed E-state index contributed by atoms with van der Waals surface area (Å²) in [4.78, 5) is 28.1. The van der Waals surface area contributed by atoms with Gasteiger partial charge in [-0.2, -0.15) is 13.5 Å². The Labute approximate surface area is 151 Å². The van der Waals surface area contributed by atoms with Gasteiger partial charge in [0.05, 0.1) is 6.04 Å². The van der Waals surface area contributed by atoms with Gasteiger partial charge in [0.2, 0.25) is 5.91 Å². The van der Waals surface area contributed by atoms with Crippen molar-refractivity contribution in [2.24, 2.45) is 0 Å². The molecule has 0 aromatic heterocycles. The lowest BCUT2D eigenvalue weighted by Crippen LogP contribution is -2.47. The van der Waals surface area contributed by atoms with Gasteiger partial charge in [-0.15, -0.1) is 4.28 Å². The highest BCUT2D eigenvalue weighted by Crippen LogP contribution is 2.31. The summed E-state index contributed by atoms with van der Waals surface area (Å²) >= 11 is 0. The highest BCUT2D eigenvalue weighted by molar-refractivity contribution is 7.80. The lowest BCUT2D eigenvalue weighted by atomic mass is 10.0. The number of hydrogen-bond donors (Lipinski definition) is 2. The molecule has 0 saturated carbocycles. The van der Waals surface area contributed by atoms with Crippen LogP contribution < -0.4 is 10.2 Å². The molecule has 0 spiro atoms. The van der Waals surface area contributed by atoms with Gasteiger partial charge in [-0.1, -0.05) is 0 Å². The number of carbonyl (C=O) groups excluding carboxylic acids is 2. The first-order chi connectivity index (χ1) is 12.2. The van der Waals surface area contributed by atoms with E-state index in [0.717, 1.165) is 5.69 Å². The number of nitrogens with one attached hydrogen (secondary N) is 1. The van der Waals surface area contributed by atoms with E-state index in [1.807, 2.05) is 31.1 Å². The van der Waals surface area contributed by atoms with E-state index in [1.54, 1.807) is 12.1 Å². The summed E-state index contributed by atoms with van der Waals surface area (Å²) in [6.07, 6.45) is 0.749. The molecule has 0 unspecified atom stereocenters. The van der Waals surface area contributed by atoms with E-state index in [1.165, 1.54) is 4.90 Å².